The maximum Gasteiger partial charge on any atom is 0.187 e. The van der Waals surface area contributed by atoms with Gasteiger partial charge in [-0.2, -0.15) is 5.10 Å². The van der Waals surface area contributed by atoms with Gasteiger partial charge in [-0.1, -0.05) is 39.0 Å². The van der Waals surface area contributed by atoms with E-state index in [1.807, 2.05) is 30.1 Å². The van der Waals surface area contributed by atoms with Gasteiger partial charge >= 0.3 is 0 Å². The van der Waals surface area contributed by atoms with Crippen molar-refractivity contribution in [3.05, 3.63) is 29.8 Å². The van der Waals surface area contributed by atoms with Crippen LogP contribution in [-0.2, 0) is 0 Å². The fourth-order valence-electron chi connectivity index (χ4n) is 1.54. The van der Waals surface area contributed by atoms with Crippen molar-refractivity contribution in [2.45, 2.75) is 56.7 Å². The van der Waals surface area contributed by atoms with Crippen molar-refractivity contribution in [3.8, 4) is 0 Å². The van der Waals surface area contributed by atoms with Gasteiger partial charge in [-0.05, 0) is 39.1 Å². The van der Waals surface area contributed by atoms with E-state index in [4.69, 9.17) is 12.2 Å². The Bertz CT molecular complexity index is 511. The number of hydrogen-bond acceptors (Lipinski definition) is 3. The third-order valence-corrected chi connectivity index (χ3v) is 3.59. The highest BCUT2D eigenvalue weighted by molar-refractivity contribution is 8.00. The molecule has 21 heavy (non-hydrogen) atoms. The molecule has 0 saturated heterocycles. The molecule has 1 rings (SSSR count). The molecule has 0 heterocycles. The van der Waals surface area contributed by atoms with E-state index in [0.717, 1.165) is 5.56 Å². The lowest BCUT2D eigenvalue weighted by atomic mass is 10.1. The lowest BCUT2D eigenvalue weighted by Crippen LogP contribution is -2.44. The van der Waals surface area contributed by atoms with Crippen LogP contribution in [0, 0.1) is 0 Å². The van der Waals surface area contributed by atoms with Crippen molar-refractivity contribution < 1.29 is 0 Å². The van der Waals surface area contributed by atoms with Gasteiger partial charge in [-0.3, -0.25) is 5.43 Å². The van der Waals surface area contributed by atoms with E-state index in [1.54, 1.807) is 0 Å². The SMILES string of the molecule is CC(C)(C)NC(=S)N/N=C\c1ccccc1SC(C)(C)C. The summed E-state index contributed by atoms with van der Waals surface area (Å²) in [7, 11) is 0. The van der Waals surface area contributed by atoms with Gasteiger partial charge in [0, 0.05) is 20.7 Å². The largest absolute Gasteiger partial charge is 0.357 e. The van der Waals surface area contributed by atoms with Gasteiger partial charge < -0.3 is 5.32 Å². The van der Waals surface area contributed by atoms with E-state index in [-0.39, 0.29) is 10.3 Å². The molecule has 0 aromatic heterocycles. The molecule has 0 aliphatic heterocycles. The first kappa shape index (κ1) is 18.0. The molecule has 0 amide bonds. The summed E-state index contributed by atoms with van der Waals surface area (Å²) < 4.78 is 0.167. The lowest BCUT2D eigenvalue weighted by molar-refractivity contribution is 0.508. The molecule has 2 N–H and O–H groups in total. The molecule has 0 unspecified atom stereocenters. The Morgan fingerprint density at radius 3 is 2.33 bits per heavy atom. The second-order valence-corrected chi connectivity index (χ2v) is 9.10. The number of hydrogen-bond donors (Lipinski definition) is 2. The first-order valence-corrected chi connectivity index (χ1v) is 8.18. The summed E-state index contributed by atoms with van der Waals surface area (Å²) in [5, 5.41) is 7.91. The fraction of sp³-hybridized carbons (Fsp3) is 0.500. The highest BCUT2D eigenvalue weighted by Gasteiger charge is 2.14. The van der Waals surface area contributed by atoms with Gasteiger partial charge in [0.05, 0.1) is 6.21 Å². The van der Waals surface area contributed by atoms with Gasteiger partial charge in [-0.25, -0.2) is 0 Å². The predicted octanol–water partition coefficient (Wildman–Crippen LogP) is 4.17. The van der Waals surface area contributed by atoms with Crippen molar-refractivity contribution in [1.82, 2.24) is 10.7 Å². The number of thiocarbonyl (C=S) groups is 1. The Morgan fingerprint density at radius 2 is 1.76 bits per heavy atom. The molecule has 0 spiro atoms. The Hall–Kier alpha value is -1.07. The molecule has 116 valence electrons. The molecule has 0 bridgehead atoms. The van der Waals surface area contributed by atoms with Gasteiger partial charge in [0.1, 0.15) is 0 Å². The van der Waals surface area contributed by atoms with Gasteiger partial charge in [0.25, 0.3) is 0 Å². The Balaban J connectivity index is 2.71. The number of nitrogens with one attached hydrogen (secondary N) is 2. The summed E-state index contributed by atoms with van der Waals surface area (Å²) in [6.07, 6.45) is 1.81. The van der Waals surface area contributed by atoms with Crippen LogP contribution < -0.4 is 10.7 Å². The summed E-state index contributed by atoms with van der Waals surface area (Å²) in [4.78, 5) is 1.21. The molecule has 1 aromatic rings. The van der Waals surface area contributed by atoms with Crippen molar-refractivity contribution in [2.24, 2.45) is 5.10 Å². The second kappa shape index (κ2) is 7.27. The van der Waals surface area contributed by atoms with E-state index in [9.17, 15) is 0 Å². The third-order valence-electron chi connectivity index (χ3n) is 2.19. The van der Waals surface area contributed by atoms with Crippen LogP contribution in [0.25, 0.3) is 0 Å². The number of nitrogens with zero attached hydrogens (tertiary/aromatic N) is 1. The minimum Gasteiger partial charge on any atom is -0.357 e. The lowest BCUT2D eigenvalue weighted by Gasteiger charge is -2.21. The van der Waals surface area contributed by atoms with Crippen molar-refractivity contribution >= 4 is 35.3 Å². The van der Waals surface area contributed by atoms with Crippen LogP contribution in [0.4, 0.5) is 0 Å². The average Bonchev–Trinajstić information content (AvgIpc) is 2.27. The summed E-state index contributed by atoms with van der Waals surface area (Å²) in [6, 6.07) is 8.23. The summed E-state index contributed by atoms with van der Waals surface area (Å²) in [6.45, 7) is 12.8. The number of thioether (sulfide) groups is 1. The van der Waals surface area contributed by atoms with Gasteiger partial charge in [0.2, 0.25) is 0 Å². The highest BCUT2D eigenvalue weighted by Crippen LogP contribution is 2.33. The molecular formula is C16H25N3S2. The smallest absolute Gasteiger partial charge is 0.187 e. The minimum atomic E-state index is -0.0698. The van der Waals surface area contributed by atoms with Crippen LogP contribution >= 0.6 is 24.0 Å². The summed E-state index contributed by atoms with van der Waals surface area (Å²) >= 11 is 7.03. The van der Waals surface area contributed by atoms with Crippen LogP contribution in [0.3, 0.4) is 0 Å². The molecule has 3 nitrogen and oxygen atoms in total. The van der Waals surface area contributed by atoms with Crippen molar-refractivity contribution in [1.29, 1.82) is 0 Å². The van der Waals surface area contributed by atoms with Crippen LogP contribution in [0.1, 0.15) is 47.1 Å². The topological polar surface area (TPSA) is 36.4 Å². The minimum absolute atomic E-state index is 0.0698. The molecule has 0 fully saturated rings. The fourth-order valence-corrected chi connectivity index (χ4v) is 2.94. The van der Waals surface area contributed by atoms with Crippen molar-refractivity contribution in [2.75, 3.05) is 0 Å². The molecule has 1 aromatic carbocycles. The number of rotatable bonds is 3. The molecule has 0 radical (unpaired) electrons. The molecule has 0 aliphatic rings. The second-order valence-electron chi connectivity index (χ2n) is 6.83. The molecule has 5 heteroatoms. The molecule has 0 saturated carbocycles. The van der Waals surface area contributed by atoms with Crippen LogP contribution in [0.2, 0.25) is 0 Å². The first-order chi connectivity index (χ1) is 9.57. The monoisotopic (exact) mass is 323 g/mol. The van der Waals surface area contributed by atoms with E-state index in [2.05, 4.69) is 69.5 Å². The number of benzene rings is 1. The molecule has 0 aliphatic carbocycles. The Morgan fingerprint density at radius 1 is 1.14 bits per heavy atom. The highest BCUT2D eigenvalue weighted by atomic mass is 32.2. The van der Waals surface area contributed by atoms with Crippen LogP contribution in [0.5, 0.6) is 0 Å². The normalized spacial score (nSPS) is 12.5. The zero-order chi connectivity index (χ0) is 16.1. The van der Waals surface area contributed by atoms with E-state index in [0.29, 0.717) is 5.11 Å². The predicted molar refractivity (Wildman–Crippen MR) is 98.3 cm³/mol. The van der Waals surface area contributed by atoms with E-state index in [1.165, 1.54) is 4.90 Å². The van der Waals surface area contributed by atoms with Crippen molar-refractivity contribution in [3.63, 3.8) is 0 Å². The van der Waals surface area contributed by atoms with Crippen LogP contribution in [-0.4, -0.2) is 21.6 Å². The van der Waals surface area contributed by atoms with E-state index < -0.39 is 0 Å². The zero-order valence-corrected chi connectivity index (χ0v) is 15.3. The Labute approximate surface area is 138 Å². The Kier molecular flexibility index (Phi) is 6.23. The molecular weight excluding hydrogens is 298 g/mol. The summed E-state index contributed by atoms with van der Waals surface area (Å²) in [5.74, 6) is 0. The van der Waals surface area contributed by atoms with E-state index >= 15 is 0 Å². The standard InChI is InChI=1S/C16H25N3S2/c1-15(2,3)18-14(20)19-17-11-12-9-7-8-10-13(12)21-16(4,5)6/h7-11H,1-6H3,(H2,18,19,20)/b17-11-. The number of hydrazone groups is 1. The average molecular weight is 324 g/mol. The summed E-state index contributed by atoms with van der Waals surface area (Å²) in [5.41, 5.74) is 3.87. The third kappa shape index (κ3) is 8.07. The molecule has 0 atom stereocenters. The van der Waals surface area contributed by atoms with Crippen LogP contribution in [0.15, 0.2) is 34.3 Å². The first-order valence-electron chi connectivity index (χ1n) is 6.96. The maximum absolute atomic E-state index is 5.20. The maximum atomic E-state index is 5.20. The zero-order valence-electron chi connectivity index (χ0n) is 13.7. The van der Waals surface area contributed by atoms with Gasteiger partial charge in [-0.15, -0.1) is 11.8 Å². The van der Waals surface area contributed by atoms with Gasteiger partial charge in [0.15, 0.2) is 5.11 Å². The quantitative estimate of drug-likeness (QED) is 0.379.